The number of nitrogens with one attached hydrogen (secondary N) is 1. The minimum absolute atomic E-state index is 0.174. The van der Waals surface area contributed by atoms with Gasteiger partial charge in [-0.15, -0.1) is 0 Å². The fraction of sp³-hybridized carbons (Fsp3) is 0.826. The molecule has 0 unspecified atom stereocenters. The van der Waals surface area contributed by atoms with Crippen molar-refractivity contribution in [3.63, 3.8) is 0 Å². The number of carbonyl (C=O) groups is 1. The Morgan fingerprint density at radius 2 is 1.29 bits per heavy atom. The van der Waals surface area contributed by atoms with Crippen molar-refractivity contribution in [1.29, 1.82) is 0 Å². The Bertz CT molecular complexity index is 516. The van der Waals surface area contributed by atoms with Gasteiger partial charge in [0.1, 0.15) is 0 Å². The maximum absolute atomic E-state index is 12.0. The molecule has 28 heavy (non-hydrogen) atoms. The maximum Gasteiger partial charge on any atom is 0.273 e. The molecule has 1 amide bonds. The van der Waals surface area contributed by atoms with Crippen LogP contribution in [-0.4, -0.2) is 22.2 Å². The number of unbranched alkanes of at least 4 members (excludes halogenated alkanes) is 15. The predicted molar refractivity (Wildman–Crippen MR) is 120 cm³/mol. The van der Waals surface area contributed by atoms with Crippen molar-refractivity contribution in [2.24, 2.45) is 7.05 Å². The summed E-state index contributed by atoms with van der Waals surface area (Å²) in [6.45, 7) is 2.98. The number of nitrogens with zero attached hydrogens (tertiary/aromatic N) is 2. The Balaban J connectivity index is 1.80. The van der Waals surface area contributed by atoms with E-state index in [-0.39, 0.29) is 5.91 Å². The van der Waals surface area contributed by atoms with E-state index in [1.807, 2.05) is 0 Å². The third kappa shape index (κ3) is 12.4. The largest absolute Gasteiger partial charge is 0.351 e. The molecular formula is C23H42ClN3O. The summed E-state index contributed by atoms with van der Waals surface area (Å²) >= 11 is 5.98. The van der Waals surface area contributed by atoms with Gasteiger partial charge < -0.3 is 5.32 Å². The molecule has 0 radical (unpaired) electrons. The molecule has 0 saturated heterocycles. The molecule has 1 aromatic heterocycles. The van der Waals surface area contributed by atoms with Gasteiger partial charge in [0, 0.05) is 19.8 Å². The molecule has 0 aliphatic carbocycles. The van der Waals surface area contributed by atoms with Gasteiger partial charge in [-0.1, -0.05) is 115 Å². The Morgan fingerprint density at radius 1 is 0.857 bits per heavy atom. The first kappa shape index (κ1) is 25.0. The molecule has 5 heteroatoms. The van der Waals surface area contributed by atoms with Crippen molar-refractivity contribution in [3.05, 3.63) is 16.9 Å². The quantitative estimate of drug-likeness (QED) is 0.262. The van der Waals surface area contributed by atoms with Crippen LogP contribution in [0.1, 0.15) is 120 Å². The number of carbonyl (C=O) groups excluding carboxylic acids is 1. The maximum atomic E-state index is 12.0. The average Bonchev–Trinajstić information content (AvgIpc) is 3.02. The summed E-state index contributed by atoms with van der Waals surface area (Å²) in [5.41, 5.74) is 0.320. The van der Waals surface area contributed by atoms with Crippen molar-refractivity contribution in [1.82, 2.24) is 15.1 Å². The first-order valence-corrected chi connectivity index (χ1v) is 12.0. The van der Waals surface area contributed by atoms with Crippen molar-refractivity contribution in [3.8, 4) is 0 Å². The Labute approximate surface area is 177 Å². The summed E-state index contributed by atoms with van der Waals surface area (Å²) in [6.07, 6.45) is 23.3. The van der Waals surface area contributed by atoms with Crippen molar-refractivity contribution < 1.29 is 4.79 Å². The van der Waals surface area contributed by atoms with E-state index in [1.54, 1.807) is 17.9 Å². The van der Waals surface area contributed by atoms with E-state index in [4.69, 9.17) is 11.6 Å². The highest BCUT2D eigenvalue weighted by atomic mass is 35.5. The number of aryl methyl sites for hydroxylation is 1. The van der Waals surface area contributed by atoms with E-state index in [9.17, 15) is 4.79 Å². The van der Waals surface area contributed by atoms with Crippen LogP contribution in [0.2, 0.25) is 5.02 Å². The molecule has 1 heterocycles. The number of aromatic nitrogens is 2. The zero-order valence-electron chi connectivity index (χ0n) is 18.3. The molecule has 0 spiro atoms. The molecule has 0 fully saturated rings. The number of hydrogen-bond acceptors (Lipinski definition) is 2. The van der Waals surface area contributed by atoms with Gasteiger partial charge in [-0.2, -0.15) is 5.10 Å². The smallest absolute Gasteiger partial charge is 0.273 e. The van der Waals surface area contributed by atoms with Gasteiger partial charge in [0.05, 0.1) is 5.02 Å². The zero-order chi connectivity index (χ0) is 20.5. The monoisotopic (exact) mass is 411 g/mol. The Kier molecular flexibility index (Phi) is 15.1. The molecular weight excluding hydrogens is 370 g/mol. The van der Waals surface area contributed by atoms with Crippen molar-refractivity contribution in [2.75, 3.05) is 6.54 Å². The minimum atomic E-state index is -0.174. The van der Waals surface area contributed by atoms with Gasteiger partial charge in [0.25, 0.3) is 5.91 Å². The molecule has 162 valence electrons. The first-order chi connectivity index (χ1) is 13.6. The lowest BCUT2D eigenvalue weighted by atomic mass is 10.0. The molecule has 1 N–H and O–H groups in total. The topological polar surface area (TPSA) is 46.9 Å². The van der Waals surface area contributed by atoms with Crippen LogP contribution >= 0.6 is 11.6 Å². The van der Waals surface area contributed by atoms with E-state index >= 15 is 0 Å². The molecule has 0 bridgehead atoms. The van der Waals surface area contributed by atoms with Gasteiger partial charge in [-0.05, 0) is 6.42 Å². The highest BCUT2D eigenvalue weighted by Crippen LogP contribution is 2.14. The van der Waals surface area contributed by atoms with E-state index in [2.05, 4.69) is 17.3 Å². The van der Waals surface area contributed by atoms with Gasteiger partial charge in [0.2, 0.25) is 0 Å². The molecule has 0 saturated carbocycles. The summed E-state index contributed by atoms with van der Waals surface area (Å²) in [5.74, 6) is -0.174. The molecule has 0 atom stereocenters. The highest BCUT2D eigenvalue weighted by Gasteiger charge is 2.13. The van der Waals surface area contributed by atoms with Crippen molar-refractivity contribution in [2.45, 2.75) is 110 Å². The third-order valence-corrected chi connectivity index (χ3v) is 5.59. The summed E-state index contributed by atoms with van der Waals surface area (Å²) in [6, 6.07) is 0. The predicted octanol–water partition coefficient (Wildman–Crippen LogP) is 7.06. The summed E-state index contributed by atoms with van der Waals surface area (Å²) in [7, 11) is 1.76. The lowest BCUT2D eigenvalue weighted by Gasteiger charge is -2.05. The second kappa shape index (κ2) is 16.9. The summed E-state index contributed by atoms with van der Waals surface area (Å²) in [4.78, 5) is 12.0. The standard InChI is InChI=1S/C23H42ClN3O/c1-3-4-5-6-7-8-9-10-11-12-13-14-15-16-17-18-19-25-23(28)22-21(24)20-27(2)26-22/h20H,3-19H2,1-2H3,(H,25,28). The normalized spacial score (nSPS) is 11.1. The molecule has 1 rings (SSSR count). The lowest BCUT2D eigenvalue weighted by molar-refractivity contribution is 0.0947. The van der Waals surface area contributed by atoms with E-state index in [1.165, 1.54) is 96.3 Å². The number of hydrogen-bond donors (Lipinski definition) is 1. The molecule has 0 aliphatic heterocycles. The first-order valence-electron chi connectivity index (χ1n) is 11.6. The SMILES string of the molecule is CCCCCCCCCCCCCCCCCCNC(=O)c1nn(C)cc1Cl. The van der Waals surface area contributed by atoms with E-state index in [0.717, 1.165) is 6.42 Å². The van der Waals surface area contributed by atoms with E-state index in [0.29, 0.717) is 17.3 Å². The minimum Gasteiger partial charge on any atom is -0.351 e. The molecule has 4 nitrogen and oxygen atoms in total. The number of rotatable bonds is 18. The van der Waals surface area contributed by atoms with Crippen molar-refractivity contribution >= 4 is 17.5 Å². The Morgan fingerprint density at radius 3 is 1.68 bits per heavy atom. The summed E-state index contributed by atoms with van der Waals surface area (Å²) < 4.78 is 1.56. The van der Waals surface area contributed by atoms with Gasteiger partial charge in [-0.3, -0.25) is 9.48 Å². The fourth-order valence-corrected chi connectivity index (χ4v) is 3.84. The highest BCUT2D eigenvalue weighted by molar-refractivity contribution is 6.33. The zero-order valence-corrected chi connectivity index (χ0v) is 19.0. The summed E-state index contributed by atoms with van der Waals surface area (Å²) in [5, 5.41) is 7.39. The van der Waals surface area contributed by atoms with Crippen LogP contribution in [0.25, 0.3) is 0 Å². The second-order valence-corrected chi connectivity index (χ2v) is 8.47. The molecule has 0 aromatic carbocycles. The van der Waals surface area contributed by atoms with Crippen LogP contribution in [0.15, 0.2) is 6.20 Å². The van der Waals surface area contributed by atoms with E-state index < -0.39 is 0 Å². The Hall–Kier alpha value is -1.03. The van der Waals surface area contributed by atoms with Gasteiger partial charge >= 0.3 is 0 Å². The molecule has 1 aromatic rings. The third-order valence-electron chi connectivity index (χ3n) is 5.32. The van der Waals surface area contributed by atoms with Crippen LogP contribution in [0.4, 0.5) is 0 Å². The fourth-order valence-electron chi connectivity index (χ4n) is 3.57. The van der Waals surface area contributed by atoms with Gasteiger partial charge in [-0.25, -0.2) is 0 Å². The van der Waals surface area contributed by atoms with Crippen LogP contribution in [-0.2, 0) is 7.05 Å². The molecule has 0 aliphatic rings. The van der Waals surface area contributed by atoms with Gasteiger partial charge in [0.15, 0.2) is 5.69 Å². The average molecular weight is 412 g/mol. The van der Waals surface area contributed by atoms with Crippen LogP contribution in [0, 0.1) is 0 Å². The van der Waals surface area contributed by atoms with Crippen LogP contribution < -0.4 is 5.32 Å². The number of halogens is 1. The second-order valence-electron chi connectivity index (χ2n) is 8.06. The van der Waals surface area contributed by atoms with Crippen LogP contribution in [0.5, 0.6) is 0 Å². The number of amides is 1. The lowest BCUT2D eigenvalue weighted by Crippen LogP contribution is -2.25. The van der Waals surface area contributed by atoms with Crippen LogP contribution in [0.3, 0.4) is 0 Å².